The minimum absolute atomic E-state index is 0.595. The molecule has 86 valence electrons. The highest BCUT2D eigenvalue weighted by atomic mass is 32.1. The maximum absolute atomic E-state index is 4.89. The number of nitrogens with zero attached hydrogens (tertiary/aromatic N) is 2. The monoisotopic (exact) mass is 238 g/mol. The number of aryl methyl sites for hydroxylation is 2. The van der Waals surface area contributed by atoms with E-state index in [0.29, 0.717) is 5.88 Å². The van der Waals surface area contributed by atoms with Gasteiger partial charge >= 0.3 is 0 Å². The second-order valence-electron chi connectivity index (χ2n) is 3.01. The number of hydrogen-bond acceptors (Lipinski definition) is 5. The van der Waals surface area contributed by atoms with Gasteiger partial charge in [0, 0.05) is 17.3 Å². The first-order valence-corrected chi connectivity index (χ1v) is 5.14. The van der Waals surface area contributed by atoms with Crippen molar-refractivity contribution in [3.8, 4) is 5.88 Å². The van der Waals surface area contributed by atoms with Crippen molar-refractivity contribution in [1.29, 1.82) is 0 Å². The van der Waals surface area contributed by atoms with E-state index < -0.39 is 0 Å². The van der Waals surface area contributed by atoms with Gasteiger partial charge in [-0.05, 0) is 19.9 Å². The van der Waals surface area contributed by atoms with Crippen LogP contribution in [0.3, 0.4) is 0 Å². The van der Waals surface area contributed by atoms with Gasteiger partial charge in [0.05, 0.1) is 19.1 Å². The molecule has 0 fully saturated rings. The second-order valence-corrected chi connectivity index (χ2v) is 3.49. The lowest BCUT2D eigenvalue weighted by molar-refractivity contribution is 0.391. The largest absolute Gasteiger partial charge is 0.480 e. The summed E-state index contributed by atoms with van der Waals surface area (Å²) in [5, 5.41) is 0. The van der Waals surface area contributed by atoms with Crippen molar-refractivity contribution in [3.05, 3.63) is 36.2 Å². The fourth-order valence-electron chi connectivity index (χ4n) is 0.973. The van der Waals surface area contributed by atoms with Gasteiger partial charge in [-0.2, -0.15) is 0 Å². The third kappa shape index (κ3) is 3.58. The molecule has 2 rings (SSSR count). The summed E-state index contributed by atoms with van der Waals surface area (Å²) < 4.78 is 9.76. The molecular weight excluding hydrogens is 224 g/mol. The molecule has 4 nitrogen and oxygen atoms in total. The Morgan fingerprint density at radius 1 is 1.25 bits per heavy atom. The van der Waals surface area contributed by atoms with Gasteiger partial charge in [-0.3, -0.25) is 4.98 Å². The van der Waals surface area contributed by atoms with Crippen LogP contribution in [0, 0.1) is 13.8 Å². The molecule has 2 heterocycles. The van der Waals surface area contributed by atoms with E-state index in [1.54, 1.807) is 25.8 Å². The molecule has 0 amide bonds. The summed E-state index contributed by atoms with van der Waals surface area (Å²) in [5.74, 6) is 1.47. The lowest BCUT2D eigenvalue weighted by atomic mass is 10.5. The first kappa shape index (κ1) is 12.6. The Balaban J connectivity index is 0.000000165. The number of furan rings is 1. The highest BCUT2D eigenvalue weighted by Gasteiger charge is 1.94. The Morgan fingerprint density at radius 2 is 1.94 bits per heavy atom. The van der Waals surface area contributed by atoms with Crippen LogP contribution in [-0.4, -0.2) is 17.1 Å². The van der Waals surface area contributed by atoms with Crippen molar-refractivity contribution in [2.75, 3.05) is 7.11 Å². The van der Waals surface area contributed by atoms with Crippen LogP contribution in [-0.2, 0) is 0 Å². The van der Waals surface area contributed by atoms with E-state index in [1.165, 1.54) is 0 Å². The molecule has 5 heteroatoms. The van der Waals surface area contributed by atoms with Gasteiger partial charge in [0.15, 0.2) is 0 Å². The lowest BCUT2D eigenvalue weighted by Gasteiger charge is -1.98. The molecule has 0 saturated heterocycles. The molecule has 0 saturated carbocycles. The summed E-state index contributed by atoms with van der Waals surface area (Å²) in [7, 11) is 1.58. The number of rotatable bonds is 1. The molecule has 0 unspecified atom stereocenters. The third-order valence-corrected chi connectivity index (χ3v) is 2.32. The van der Waals surface area contributed by atoms with Gasteiger partial charge in [0.2, 0.25) is 5.88 Å². The zero-order valence-corrected chi connectivity index (χ0v) is 10.4. The maximum atomic E-state index is 4.89. The molecule has 0 spiro atoms. The normalized spacial score (nSPS) is 9.25. The van der Waals surface area contributed by atoms with Gasteiger partial charge < -0.3 is 9.15 Å². The van der Waals surface area contributed by atoms with E-state index in [9.17, 15) is 0 Å². The quantitative estimate of drug-likeness (QED) is 0.776. The minimum atomic E-state index is 0.595. The van der Waals surface area contributed by atoms with Crippen molar-refractivity contribution in [3.63, 3.8) is 0 Å². The van der Waals surface area contributed by atoms with E-state index in [2.05, 4.69) is 22.6 Å². The van der Waals surface area contributed by atoms with Gasteiger partial charge in [0.1, 0.15) is 5.76 Å². The van der Waals surface area contributed by atoms with Gasteiger partial charge in [-0.25, -0.2) is 4.98 Å². The zero-order chi connectivity index (χ0) is 12.0. The number of hydrogen-bond donors (Lipinski definition) is 1. The predicted molar refractivity (Wildman–Crippen MR) is 64.0 cm³/mol. The van der Waals surface area contributed by atoms with Crippen LogP contribution in [0.4, 0.5) is 0 Å². The van der Waals surface area contributed by atoms with Crippen LogP contribution < -0.4 is 4.74 Å². The van der Waals surface area contributed by atoms with E-state index in [1.807, 2.05) is 19.9 Å². The molecule has 0 aromatic carbocycles. The van der Waals surface area contributed by atoms with Crippen LogP contribution in [0.25, 0.3) is 0 Å². The van der Waals surface area contributed by atoms with Crippen molar-refractivity contribution < 1.29 is 9.15 Å². The summed E-state index contributed by atoms with van der Waals surface area (Å²) in [6.45, 7) is 3.73. The van der Waals surface area contributed by atoms with Crippen molar-refractivity contribution in [1.82, 2.24) is 9.97 Å². The summed E-state index contributed by atoms with van der Waals surface area (Å²) >= 11 is 4.06. The fraction of sp³-hybridized carbons (Fsp3) is 0.273. The molecule has 0 N–H and O–H groups in total. The van der Waals surface area contributed by atoms with Crippen LogP contribution >= 0.6 is 12.6 Å². The number of thiol groups is 1. The molecule has 0 aliphatic rings. The van der Waals surface area contributed by atoms with Crippen molar-refractivity contribution >= 4 is 12.6 Å². The fourth-order valence-corrected chi connectivity index (χ4v) is 1.09. The number of aromatic nitrogens is 2. The number of methoxy groups -OCH3 is 1. The first-order chi connectivity index (χ1) is 7.65. The average molecular weight is 238 g/mol. The Labute approximate surface area is 100 Å². The highest BCUT2D eigenvalue weighted by molar-refractivity contribution is 7.80. The summed E-state index contributed by atoms with van der Waals surface area (Å²) in [6, 6.07) is 1.82. The molecule has 0 radical (unpaired) electrons. The Hall–Kier alpha value is -1.49. The average Bonchev–Trinajstić information content (AvgIpc) is 2.65. The van der Waals surface area contributed by atoms with E-state index in [0.717, 1.165) is 16.3 Å². The standard InChI is InChI=1S/C6H8N2O.C5H6OS/c1-5-6(9-2)8-4-3-7-5;1-4-5(7)2-3-6-4/h3-4H,1-2H3;2-3,7H,1H3. The van der Waals surface area contributed by atoms with Gasteiger partial charge in [-0.15, -0.1) is 12.6 Å². The van der Waals surface area contributed by atoms with Crippen LogP contribution in [0.5, 0.6) is 5.88 Å². The summed E-state index contributed by atoms with van der Waals surface area (Å²) in [6.07, 6.45) is 4.86. The molecule has 0 aliphatic heterocycles. The number of ether oxygens (including phenoxy) is 1. The van der Waals surface area contributed by atoms with Crippen LogP contribution in [0.1, 0.15) is 11.5 Å². The zero-order valence-electron chi connectivity index (χ0n) is 9.47. The maximum Gasteiger partial charge on any atom is 0.235 e. The Morgan fingerprint density at radius 3 is 2.25 bits per heavy atom. The van der Waals surface area contributed by atoms with Crippen molar-refractivity contribution in [2.24, 2.45) is 0 Å². The molecule has 16 heavy (non-hydrogen) atoms. The molecule has 0 aliphatic carbocycles. The third-order valence-electron chi connectivity index (χ3n) is 1.86. The van der Waals surface area contributed by atoms with E-state index >= 15 is 0 Å². The van der Waals surface area contributed by atoms with E-state index in [4.69, 9.17) is 9.15 Å². The van der Waals surface area contributed by atoms with Crippen LogP contribution in [0.15, 0.2) is 34.0 Å². The predicted octanol–water partition coefficient (Wildman–Crippen LogP) is 2.67. The first-order valence-electron chi connectivity index (χ1n) is 4.69. The second kappa shape index (κ2) is 6.17. The molecule has 0 atom stereocenters. The Bertz CT molecular complexity index is 427. The highest BCUT2D eigenvalue weighted by Crippen LogP contribution is 2.11. The smallest absolute Gasteiger partial charge is 0.235 e. The molecular formula is C11H14N2O2S. The lowest BCUT2D eigenvalue weighted by Crippen LogP contribution is -1.91. The SMILES string of the molecule is COc1nccnc1C.Cc1occc1S. The van der Waals surface area contributed by atoms with Gasteiger partial charge in [0.25, 0.3) is 0 Å². The van der Waals surface area contributed by atoms with E-state index in [-0.39, 0.29) is 0 Å². The minimum Gasteiger partial charge on any atom is -0.480 e. The topological polar surface area (TPSA) is 48.2 Å². The van der Waals surface area contributed by atoms with Crippen molar-refractivity contribution in [2.45, 2.75) is 18.7 Å². The molecule has 0 bridgehead atoms. The molecule has 2 aromatic heterocycles. The Kier molecular flexibility index (Phi) is 4.85. The summed E-state index contributed by atoms with van der Waals surface area (Å²) in [5.41, 5.74) is 0.819. The van der Waals surface area contributed by atoms with Gasteiger partial charge in [-0.1, -0.05) is 0 Å². The molecule has 2 aromatic rings. The summed E-state index contributed by atoms with van der Waals surface area (Å²) in [4.78, 5) is 8.79. The van der Waals surface area contributed by atoms with Crippen LogP contribution in [0.2, 0.25) is 0 Å².